The second-order valence-corrected chi connectivity index (χ2v) is 8.99. The third-order valence-corrected chi connectivity index (χ3v) is 6.98. The van der Waals surface area contributed by atoms with E-state index in [1.807, 2.05) is 6.92 Å². The van der Waals surface area contributed by atoms with E-state index < -0.39 is 10.0 Å². The minimum atomic E-state index is -3.53. The summed E-state index contributed by atoms with van der Waals surface area (Å²) in [6.07, 6.45) is 3.68. The van der Waals surface area contributed by atoms with Crippen LogP contribution in [0.5, 0.6) is 0 Å². The predicted octanol–water partition coefficient (Wildman–Crippen LogP) is 1.26. The molecule has 138 valence electrons. The van der Waals surface area contributed by atoms with Crippen LogP contribution in [0.25, 0.3) is 0 Å². The molecule has 0 spiro atoms. The molecule has 0 radical (unpaired) electrons. The van der Waals surface area contributed by atoms with Gasteiger partial charge in [-0.1, -0.05) is 17.7 Å². The van der Waals surface area contributed by atoms with E-state index in [1.54, 1.807) is 24.3 Å². The van der Waals surface area contributed by atoms with Crippen LogP contribution in [0.2, 0.25) is 0 Å². The molecule has 2 aliphatic heterocycles. The number of sulfonamides is 1. The number of carbonyl (C=O) groups excluding carboxylic acids is 1. The van der Waals surface area contributed by atoms with Crippen LogP contribution < -0.4 is 10.6 Å². The van der Waals surface area contributed by atoms with Crippen LogP contribution in [0, 0.1) is 12.8 Å². The van der Waals surface area contributed by atoms with Crippen molar-refractivity contribution in [2.24, 2.45) is 5.92 Å². The lowest BCUT2D eigenvalue weighted by atomic mass is 9.98. The van der Waals surface area contributed by atoms with Crippen LogP contribution in [0.3, 0.4) is 0 Å². The maximum Gasteiger partial charge on any atom is 0.243 e. The number of piperidine rings is 1. The molecule has 7 heteroatoms. The second-order valence-electron chi connectivity index (χ2n) is 7.05. The third kappa shape index (κ3) is 4.40. The van der Waals surface area contributed by atoms with Crippen molar-refractivity contribution in [2.75, 3.05) is 26.2 Å². The Balaban J connectivity index is 1.61. The number of nitrogens with one attached hydrogen (secondary N) is 2. The molecule has 2 unspecified atom stereocenters. The number of hydrogen-bond acceptors (Lipinski definition) is 4. The van der Waals surface area contributed by atoms with Gasteiger partial charge >= 0.3 is 0 Å². The fourth-order valence-corrected chi connectivity index (χ4v) is 5.06. The topological polar surface area (TPSA) is 78.5 Å². The average molecular weight is 365 g/mol. The van der Waals surface area contributed by atoms with Crippen molar-refractivity contribution in [1.29, 1.82) is 0 Å². The zero-order valence-electron chi connectivity index (χ0n) is 14.7. The zero-order chi connectivity index (χ0) is 17.9. The van der Waals surface area contributed by atoms with Gasteiger partial charge in [-0.2, -0.15) is 4.31 Å². The Kier molecular flexibility index (Phi) is 5.76. The van der Waals surface area contributed by atoms with Gasteiger partial charge in [0.15, 0.2) is 0 Å². The van der Waals surface area contributed by atoms with Gasteiger partial charge in [0, 0.05) is 25.7 Å². The maximum atomic E-state index is 12.8. The molecule has 0 saturated carbocycles. The Morgan fingerprint density at radius 2 is 2.00 bits per heavy atom. The zero-order valence-corrected chi connectivity index (χ0v) is 15.5. The SMILES string of the molecule is Cc1ccc(S(=O)(=O)N2CCCC(C(=O)NCC3CCCN3)C2)cc1. The summed E-state index contributed by atoms with van der Waals surface area (Å²) in [6.45, 7) is 4.30. The summed E-state index contributed by atoms with van der Waals surface area (Å²) in [6, 6.07) is 7.23. The van der Waals surface area contributed by atoms with Gasteiger partial charge in [-0.25, -0.2) is 8.42 Å². The van der Waals surface area contributed by atoms with Crippen LogP contribution in [-0.2, 0) is 14.8 Å². The van der Waals surface area contributed by atoms with E-state index in [-0.39, 0.29) is 18.4 Å². The van der Waals surface area contributed by atoms with Crippen LogP contribution in [0.1, 0.15) is 31.2 Å². The van der Waals surface area contributed by atoms with Gasteiger partial charge in [-0.3, -0.25) is 4.79 Å². The molecule has 2 N–H and O–H groups in total. The highest BCUT2D eigenvalue weighted by atomic mass is 32.2. The molecule has 1 amide bonds. The molecule has 2 atom stereocenters. The van der Waals surface area contributed by atoms with Crippen molar-refractivity contribution in [3.8, 4) is 0 Å². The van der Waals surface area contributed by atoms with E-state index in [9.17, 15) is 13.2 Å². The number of benzene rings is 1. The lowest BCUT2D eigenvalue weighted by Crippen LogP contribution is -2.47. The highest BCUT2D eigenvalue weighted by Gasteiger charge is 2.33. The van der Waals surface area contributed by atoms with Crippen molar-refractivity contribution in [3.05, 3.63) is 29.8 Å². The molecule has 1 aromatic carbocycles. The first-order valence-electron chi connectivity index (χ1n) is 9.05. The van der Waals surface area contributed by atoms with Crippen molar-refractivity contribution >= 4 is 15.9 Å². The number of aryl methyl sites for hydroxylation is 1. The molecule has 2 heterocycles. The molecule has 2 saturated heterocycles. The van der Waals surface area contributed by atoms with Crippen molar-refractivity contribution in [2.45, 2.75) is 43.5 Å². The Hall–Kier alpha value is -1.44. The lowest BCUT2D eigenvalue weighted by Gasteiger charge is -2.31. The molecule has 0 aromatic heterocycles. The van der Waals surface area contributed by atoms with Crippen LogP contribution in [0.4, 0.5) is 0 Å². The van der Waals surface area contributed by atoms with E-state index >= 15 is 0 Å². The summed E-state index contributed by atoms with van der Waals surface area (Å²) in [5.41, 5.74) is 1.02. The minimum Gasteiger partial charge on any atom is -0.354 e. The standard InChI is InChI=1S/C18H27N3O3S/c1-14-6-8-17(9-7-14)25(23,24)21-11-3-4-15(13-21)18(22)20-12-16-5-2-10-19-16/h6-9,15-16,19H,2-5,10-13H2,1H3,(H,20,22). The monoisotopic (exact) mass is 365 g/mol. The summed E-state index contributed by atoms with van der Waals surface area (Å²) < 4.78 is 27.1. The number of amides is 1. The number of nitrogens with zero attached hydrogens (tertiary/aromatic N) is 1. The van der Waals surface area contributed by atoms with Gasteiger partial charge in [0.05, 0.1) is 10.8 Å². The quantitative estimate of drug-likeness (QED) is 0.824. The normalized spacial score (nSPS) is 25.0. The third-order valence-electron chi connectivity index (χ3n) is 5.10. The lowest BCUT2D eigenvalue weighted by molar-refractivity contribution is -0.126. The maximum absolute atomic E-state index is 12.8. The second kappa shape index (κ2) is 7.85. The van der Waals surface area contributed by atoms with Crippen molar-refractivity contribution in [1.82, 2.24) is 14.9 Å². The molecule has 25 heavy (non-hydrogen) atoms. The van der Waals surface area contributed by atoms with Crippen molar-refractivity contribution in [3.63, 3.8) is 0 Å². The summed E-state index contributed by atoms with van der Waals surface area (Å²) in [7, 11) is -3.53. The van der Waals surface area contributed by atoms with E-state index in [0.717, 1.165) is 31.4 Å². The molecule has 2 aliphatic rings. The molecule has 0 aliphatic carbocycles. The Bertz CT molecular complexity index is 697. The van der Waals surface area contributed by atoms with E-state index in [0.29, 0.717) is 30.4 Å². The summed E-state index contributed by atoms with van der Waals surface area (Å²) in [4.78, 5) is 12.7. The molecule has 0 bridgehead atoms. The first-order chi connectivity index (χ1) is 12.0. The smallest absolute Gasteiger partial charge is 0.243 e. The molecular weight excluding hydrogens is 338 g/mol. The fraction of sp³-hybridized carbons (Fsp3) is 0.611. The minimum absolute atomic E-state index is 0.0301. The molecular formula is C18H27N3O3S. The van der Waals surface area contributed by atoms with E-state index in [4.69, 9.17) is 0 Å². The van der Waals surface area contributed by atoms with Gasteiger partial charge < -0.3 is 10.6 Å². The fourth-order valence-electron chi connectivity index (χ4n) is 3.53. The first-order valence-corrected chi connectivity index (χ1v) is 10.5. The highest BCUT2D eigenvalue weighted by molar-refractivity contribution is 7.89. The van der Waals surface area contributed by atoms with Gasteiger partial charge in [-0.15, -0.1) is 0 Å². The Morgan fingerprint density at radius 3 is 2.68 bits per heavy atom. The largest absolute Gasteiger partial charge is 0.354 e. The Labute approximate surface area is 150 Å². The van der Waals surface area contributed by atoms with Gasteiger partial charge in [0.2, 0.25) is 15.9 Å². The average Bonchev–Trinajstić information content (AvgIpc) is 3.14. The van der Waals surface area contributed by atoms with Crippen LogP contribution in [-0.4, -0.2) is 50.9 Å². The summed E-state index contributed by atoms with van der Waals surface area (Å²) in [5.74, 6) is -0.298. The molecule has 3 rings (SSSR count). The van der Waals surface area contributed by atoms with Gasteiger partial charge in [0.25, 0.3) is 0 Å². The van der Waals surface area contributed by atoms with E-state index in [1.165, 1.54) is 4.31 Å². The molecule has 2 fully saturated rings. The number of carbonyl (C=O) groups is 1. The first kappa shape index (κ1) is 18.4. The Morgan fingerprint density at radius 1 is 1.24 bits per heavy atom. The molecule has 1 aromatic rings. The number of hydrogen-bond donors (Lipinski definition) is 2. The summed E-state index contributed by atoms with van der Waals surface area (Å²) in [5, 5.41) is 6.34. The molecule has 6 nitrogen and oxygen atoms in total. The number of rotatable bonds is 5. The highest BCUT2D eigenvalue weighted by Crippen LogP contribution is 2.24. The van der Waals surface area contributed by atoms with Crippen LogP contribution in [0.15, 0.2) is 29.2 Å². The van der Waals surface area contributed by atoms with Crippen LogP contribution >= 0.6 is 0 Å². The van der Waals surface area contributed by atoms with E-state index in [2.05, 4.69) is 10.6 Å². The summed E-state index contributed by atoms with van der Waals surface area (Å²) >= 11 is 0. The van der Waals surface area contributed by atoms with Crippen molar-refractivity contribution < 1.29 is 13.2 Å². The van der Waals surface area contributed by atoms with Gasteiger partial charge in [0.1, 0.15) is 0 Å². The predicted molar refractivity (Wildman–Crippen MR) is 96.7 cm³/mol. The van der Waals surface area contributed by atoms with Gasteiger partial charge in [-0.05, 0) is 51.3 Å².